The monoisotopic (exact) mass is 521 g/mol. The molecule has 0 aliphatic carbocycles. The molecule has 2 atom stereocenters. The maximum atomic E-state index is 13.7. The molecule has 0 aromatic heterocycles. The van der Waals surface area contributed by atoms with Crippen LogP contribution >= 0.6 is 11.8 Å². The van der Waals surface area contributed by atoms with E-state index < -0.39 is 5.25 Å². The molecule has 4 aromatic rings. The van der Waals surface area contributed by atoms with Crippen molar-refractivity contribution in [2.24, 2.45) is 5.73 Å². The topological polar surface area (TPSA) is 75.4 Å². The number of benzene rings is 4. The molecule has 0 bridgehead atoms. The minimum absolute atomic E-state index is 0.0159. The van der Waals surface area contributed by atoms with Gasteiger partial charge in [-0.15, -0.1) is 11.8 Å². The van der Waals surface area contributed by atoms with Crippen molar-refractivity contribution >= 4 is 23.6 Å². The van der Waals surface area contributed by atoms with Crippen LogP contribution < -0.4 is 11.1 Å². The number of rotatable bonds is 9. The third-order valence-electron chi connectivity index (χ3n) is 6.77. The number of carbonyl (C=O) groups is 2. The summed E-state index contributed by atoms with van der Waals surface area (Å²) in [5.41, 5.74) is 10.9. The average Bonchev–Trinajstić information content (AvgIpc) is 3.27. The van der Waals surface area contributed by atoms with Gasteiger partial charge in [0.25, 0.3) is 0 Å². The molecular formula is C32H31N3O2S. The zero-order chi connectivity index (χ0) is 26.3. The zero-order valence-corrected chi connectivity index (χ0v) is 21.9. The molecule has 0 spiro atoms. The Morgan fingerprint density at radius 3 is 1.87 bits per heavy atom. The van der Waals surface area contributed by atoms with Gasteiger partial charge in [0.1, 0.15) is 5.37 Å². The molecule has 6 heteroatoms. The van der Waals surface area contributed by atoms with E-state index in [1.165, 1.54) is 0 Å². The maximum Gasteiger partial charge on any atom is 0.237 e. The van der Waals surface area contributed by atoms with Crippen molar-refractivity contribution in [3.63, 3.8) is 0 Å². The van der Waals surface area contributed by atoms with Gasteiger partial charge in [-0.3, -0.25) is 9.59 Å². The van der Waals surface area contributed by atoms with E-state index in [-0.39, 0.29) is 29.7 Å². The molecule has 5 rings (SSSR count). The zero-order valence-electron chi connectivity index (χ0n) is 21.1. The minimum atomic E-state index is -0.462. The number of amides is 2. The van der Waals surface area contributed by atoms with Gasteiger partial charge in [-0.05, 0) is 27.8 Å². The highest BCUT2D eigenvalue weighted by atomic mass is 32.2. The first-order valence-electron chi connectivity index (χ1n) is 12.8. The van der Waals surface area contributed by atoms with Gasteiger partial charge in [0.15, 0.2) is 0 Å². The van der Waals surface area contributed by atoms with Crippen molar-refractivity contribution in [2.75, 3.05) is 0 Å². The number of hydrogen-bond acceptors (Lipinski definition) is 4. The average molecular weight is 522 g/mol. The Kier molecular flexibility index (Phi) is 8.22. The maximum absolute atomic E-state index is 13.7. The van der Waals surface area contributed by atoms with Crippen molar-refractivity contribution in [2.45, 2.75) is 36.2 Å². The molecular weight excluding hydrogens is 490 g/mol. The molecule has 1 fully saturated rings. The third-order valence-corrected chi connectivity index (χ3v) is 8.25. The lowest BCUT2D eigenvalue weighted by atomic mass is 9.98. The van der Waals surface area contributed by atoms with Crippen molar-refractivity contribution in [3.8, 4) is 0 Å². The number of nitrogens with one attached hydrogen (secondary N) is 1. The van der Waals surface area contributed by atoms with Crippen LogP contribution in [-0.4, -0.2) is 22.0 Å². The van der Waals surface area contributed by atoms with E-state index >= 15 is 0 Å². The molecule has 5 nitrogen and oxygen atoms in total. The molecule has 3 N–H and O–H groups in total. The predicted octanol–water partition coefficient (Wildman–Crippen LogP) is 5.58. The largest absolute Gasteiger partial charge is 0.345 e. The van der Waals surface area contributed by atoms with Crippen molar-refractivity contribution in [1.29, 1.82) is 0 Å². The molecule has 1 heterocycles. The molecule has 192 valence electrons. The van der Waals surface area contributed by atoms with Crippen LogP contribution in [0.15, 0.2) is 115 Å². The highest BCUT2D eigenvalue weighted by Gasteiger charge is 2.42. The normalized spacial score (nSPS) is 17.1. The SMILES string of the molecule is NCc1ccc(CN2C(=O)C(CC(=O)NC(c3ccccc3)c3ccccc3)SC2c2ccccc2)cc1. The lowest BCUT2D eigenvalue weighted by Gasteiger charge is -2.24. The molecule has 0 saturated carbocycles. The molecule has 38 heavy (non-hydrogen) atoms. The lowest BCUT2D eigenvalue weighted by molar-refractivity contribution is -0.133. The van der Waals surface area contributed by atoms with Gasteiger partial charge < -0.3 is 16.0 Å². The highest BCUT2D eigenvalue weighted by Crippen LogP contribution is 2.45. The standard InChI is InChI=1S/C32H31N3O2S/c33-21-23-16-18-24(19-17-23)22-35-31(37)28(38-32(35)27-14-8-3-9-15-27)20-29(36)34-30(25-10-4-1-5-11-25)26-12-6-2-7-13-26/h1-19,28,30,32H,20-22,33H2,(H,34,36). The smallest absolute Gasteiger partial charge is 0.237 e. The highest BCUT2D eigenvalue weighted by molar-refractivity contribution is 8.01. The Labute approximate surface area is 228 Å². The van der Waals surface area contributed by atoms with Crippen molar-refractivity contribution in [3.05, 3.63) is 143 Å². The van der Waals surface area contributed by atoms with E-state index in [1.807, 2.05) is 120 Å². The summed E-state index contributed by atoms with van der Waals surface area (Å²) in [4.78, 5) is 28.9. The second-order valence-corrected chi connectivity index (χ2v) is 10.7. The van der Waals surface area contributed by atoms with E-state index in [9.17, 15) is 9.59 Å². The van der Waals surface area contributed by atoms with Gasteiger partial charge in [0, 0.05) is 19.5 Å². The molecule has 1 saturated heterocycles. The molecule has 4 aromatic carbocycles. The summed E-state index contributed by atoms with van der Waals surface area (Å²) in [7, 11) is 0. The van der Waals surface area contributed by atoms with Crippen LogP contribution in [0.5, 0.6) is 0 Å². The van der Waals surface area contributed by atoms with Crippen LogP contribution in [0, 0.1) is 0 Å². The van der Waals surface area contributed by atoms with Crippen molar-refractivity contribution in [1.82, 2.24) is 10.2 Å². The fraction of sp³-hybridized carbons (Fsp3) is 0.188. The number of hydrogen-bond donors (Lipinski definition) is 2. The van der Waals surface area contributed by atoms with E-state index in [4.69, 9.17) is 5.73 Å². The molecule has 0 radical (unpaired) electrons. The number of nitrogens with two attached hydrogens (primary N) is 1. The Morgan fingerprint density at radius 1 is 0.789 bits per heavy atom. The van der Waals surface area contributed by atoms with Gasteiger partial charge >= 0.3 is 0 Å². The Hall–Kier alpha value is -3.87. The summed E-state index contributed by atoms with van der Waals surface area (Å²) in [6.07, 6.45) is 0.117. The van der Waals surface area contributed by atoms with E-state index in [2.05, 4.69) is 5.32 Å². The van der Waals surface area contributed by atoms with Crippen LogP contribution in [-0.2, 0) is 22.7 Å². The van der Waals surface area contributed by atoms with Crippen LogP contribution in [0.4, 0.5) is 0 Å². The quantitative estimate of drug-likeness (QED) is 0.301. The van der Waals surface area contributed by atoms with E-state index in [1.54, 1.807) is 11.8 Å². The number of nitrogens with zero attached hydrogens (tertiary/aromatic N) is 1. The first-order valence-corrected chi connectivity index (χ1v) is 13.7. The third kappa shape index (κ3) is 5.98. The first kappa shape index (κ1) is 25.8. The van der Waals surface area contributed by atoms with Crippen LogP contribution in [0.25, 0.3) is 0 Å². The Morgan fingerprint density at radius 2 is 1.32 bits per heavy atom. The predicted molar refractivity (Wildman–Crippen MR) is 153 cm³/mol. The van der Waals surface area contributed by atoms with E-state index in [0.717, 1.165) is 27.8 Å². The van der Waals surface area contributed by atoms with Crippen molar-refractivity contribution < 1.29 is 9.59 Å². The van der Waals surface area contributed by atoms with E-state index in [0.29, 0.717) is 13.1 Å². The second kappa shape index (κ2) is 12.1. The summed E-state index contributed by atoms with van der Waals surface area (Å²) in [6.45, 7) is 0.959. The summed E-state index contributed by atoms with van der Waals surface area (Å²) >= 11 is 1.55. The van der Waals surface area contributed by atoms with Gasteiger partial charge in [0.05, 0.1) is 11.3 Å². The fourth-order valence-electron chi connectivity index (χ4n) is 4.78. The summed E-state index contributed by atoms with van der Waals surface area (Å²) in [6, 6.07) is 37.6. The van der Waals surface area contributed by atoms with Gasteiger partial charge in [-0.2, -0.15) is 0 Å². The Bertz CT molecular complexity index is 1310. The second-order valence-electron chi connectivity index (χ2n) is 9.40. The molecule has 1 aliphatic heterocycles. The van der Waals surface area contributed by atoms with Gasteiger partial charge in [0.2, 0.25) is 11.8 Å². The summed E-state index contributed by atoms with van der Waals surface area (Å²) < 4.78 is 0. The van der Waals surface area contributed by atoms with Crippen LogP contribution in [0.3, 0.4) is 0 Å². The minimum Gasteiger partial charge on any atom is -0.345 e. The molecule has 1 aliphatic rings. The number of carbonyl (C=O) groups excluding carboxylic acids is 2. The molecule has 2 amide bonds. The first-order chi connectivity index (χ1) is 18.6. The van der Waals surface area contributed by atoms with Gasteiger partial charge in [-0.1, -0.05) is 115 Å². The van der Waals surface area contributed by atoms with Crippen LogP contribution in [0.1, 0.15) is 45.7 Å². The Balaban J connectivity index is 1.35. The fourth-order valence-corrected chi connectivity index (χ4v) is 6.23. The summed E-state index contributed by atoms with van der Waals surface area (Å²) in [5, 5.41) is 2.57. The van der Waals surface area contributed by atoms with Gasteiger partial charge in [-0.25, -0.2) is 0 Å². The summed E-state index contributed by atoms with van der Waals surface area (Å²) in [5.74, 6) is -0.160. The van der Waals surface area contributed by atoms with Crippen LogP contribution in [0.2, 0.25) is 0 Å². The lowest BCUT2D eigenvalue weighted by Crippen LogP contribution is -2.35. The molecule has 2 unspecified atom stereocenters. The number of thioether (sulfide) groups is 1.